The van der Waals surface area contributed by atoms with Crippen molar-refractivity contribution in [3.05, 3.63) is 47.9 Å². The van der Waals surface area contributed by atoms with Crippen molar-refractivity contribution in [3.63, 3.8) is 0 Å². The lowest BCUT2D eigenvalue weighted by Gasteiger charge is -2.13. The third-order valence-electron chi connectivity index (χ3n) is 2.73. The maximum atomic E-state index is 13.4. The van der Waals surface area contributed by atoms with Gasteiger partial charge in [-0.05, 0) is 25.0 Å². The highest BCUT2D eigenvalue weighted by Crippen LogP contribution is 2.08. The molecule has 0 saturated carbocycles. The molecule has 0 aliphatic rings. The molecule has 1 heterocycles. The molecule has 2 aromatic rings. The molecule has 18 heavy (non-hydrogen) atoms. The maximum absolute atomic E-state index is 13.4. The van der Waals surface area contributed by atoms with Crippen molar-refractivity contribution in [2.75, 3.05) is 6.54 Å². The van der Waals surface area contributed by atoms with Gasteiger partial charge in [0.25, 0.3) is 0 Å². The van der Waals surface area contributed by atoms with Gasteiger partial charge in [0.1, 0.15) is 5.82 Å². The Morgan fingerprint density at radius 1 is 1.39 bits per heavy atom. The molecule has 5 heteroatoms. The van der Waals surface area contributed by atoms with E-state index in [1.54, 1.807) is 6.07 Å². The van der Waals surface area contributed by atoms with Gasteiger partial charge in [0.05, 0.1) is 0 Å². The summed E-state index contributed by atoms with van der Waals surface area (Å²) in [4.78, 5) is 3.93. The normalized spacial score (nSPS) is 12.6. The lowest BCUT2D eigenvalue weighted by atomic mass is 10.1. The topological polar surface area (TPSA) is 51.0 Å². The standard InChI is InChI=1S/C13H16FN3O/c1-10(8-11-4-2-3-5-12(11)14)15-7-6-13-16-9-18-17-13/h2-5,9-10,15H,6-8H2,1H3. The number of aromatic nitrogens is 2. The zero-order chi connectivity index (χ0) is 12.8. The number of hydrogen-bond acceptors (Lipinski definition) is 4. The van der Waals surface area contributed by atoms with Crippen LogP contribution >= 0.6 is 0 Å². The van der Waals surface area contributed by atoms with Crippen LogP contribution in [0.1, 0.15) is 18.3 Å². The molecule has 0 bridgehead atoms. The Morgan fingerprint density at radius 3 is 2.94 bits per heavy atom. The fourth-order valence-corrected chi connectivity index (χ4v) is 1.80. The fraction of sp³-hybridized carbons (Fsp3) is 0.385. The van der Waals surface area contributed by atoms with E-state index < -0.39 is 0 Å². The van der Waals surface area contributed by atoms with E-state index in [1.807, 2.05) is 19.1 Å². The molecule has 0 aliphatic carbocycles. The van der Waals surface area contributed by atoms with Gasteiger partial charge in [0, 0.05) is 19.0 Å². The second-order valence-corrected chi connectivity index (χ2v) is 4.25. The summed E-state index contributed by atoms with van der Waals surface area (Å²) in [7, 11) is 0. The Balaban J connectivity index is 1.75. The predicted octanol–water partition coefficient (Wildman–Crippen LogP) is 1.97. The maximum Gasteiger partial charge on any atom is 0.213 e. The minimum Gasteiger partial charge on any atom is -0.343 e. The summed E-state index contributed by atoms with van der Waals surface area (Å²) in [6.07, 6.45) is 2.69. The number of hydrogen-bond donors (Lipinski definition) is 1. The lowest BCUT2D eigenvalue weighted by molar-refractivity contribution is 0.408. The van der Waals surface area contributed by atoms with E-state index in [9.17, 15) is 4.39 Å². The zero-order valence-corrected chi connectivity index (χ0v) is 10.3. The van der Waals surface area contributed by atoms with E-state index in [4.69, 9.17) is 0 Å². The van der Waals surface area contributed by atoms with Crippen molar-refractivity contribution in [1.82, 2.24) is 15.5 Å². The van der Waals surface area contributed by atoms with Gasteiger partial charge in [-0.3, -0.25) is 0 Å². The SMILES string of the molecule is CC(Cc1ccccc1F)NCCc1ncon1. The van der Waals surface area contributed by atoms with Crippen LogP contribution in [0.3, 0.4) is 0 Å². The first-order valence-corrected chi connectivity index (χ1v) is 5.97. The molecule has 1 unspecified atom stereocenters. The Kier molecular flexibility index (Phi) is 4.41. The first-order valence-electron chi connectivity index (χ1n) is 5.97. The Bertz CT molecular complexity index is 473. The molecule has 2 rings (SSSR count). The molecule has 96 valence electrons. The van der Waals surface area contributed by atoms with Gasteiger partial charge >= 0.3 is 0 Å². The van der Waals surface area contributed by atoms with Crippen LogP contribution < -0.4 is 5.32 Å². The van der Waals surface area contributed by atoms with Crippen LogP contribution in [-0.4, -0.2) is 22.7 Å². The molecule has 1 aromatic heterocycles. The van der Waals surface area contributed by atoms with Gasteiger partial charge in [-0.2, -0.15) is 4.98 Å². The van der Waals surface area contributed by atoms with Crippen molar-refractivity contribution < 1.29 is 8.91 Å². The van der Waals surface area contributed by atoms with Gasteiger partial charge < -0.3 is 9.84 Å². The van der Waals surface area contributed by atoms with Crippen LogP contribution in [0.25, 0.3) is 0 Å². The Hall–Kier alpha value is -1.75. The van der Waals surface area contributed by atoms with Crippen LogP contribution in [-0.2, 0) is 12.8 Å². The molecule has 0 saturated heterocycles. The number of benzene rings is 1. The zero-order valence-electron chi connectivity index (χ0n) is 10.3. The van der Waals surface area contributed by atoms with E-state index in [1.165, 1.54) is 12.5 Å². The number of halogens is 1. The Labute approximate surface area is 105 Å². The van der Waals surface area contributed by atoms with Gasteiger partial charge in [0.2, 0.25) is 6.39 Å². The molecule has 1 N–H and O–H groups in total. The first kappa shape index (κ1) is 12.7. The van der Waals surface area contributed by atoms with E-state index >= 15 is 0 Å². The number of nitrogens with one attached hydrogen (secondary N) is 1. The minimum absolute atomic E-state index is 0.149. The molecule has 4 nitrogen and oxygen atoms in total. The monoisotopic (exact) mass is 249 g/mol. The highest BCUT2D eigenvalue weighted by Gasteiger charge is 2.07. The van der Waals surface area contributed by atoms with E-state index in [0.717, 1.165) is 12.1 Å². The molecule has 0 aliphatic heterocycles. The van der Waals surface area contributed by atoms with Crippen molar-refractivity contribution in [1.29, 1.82) is 0 Å². The largest absolute Gasteiger partial charge is 0.343 e. The molecule has 0 amide bonds. The molecule has 1 atom stereocenters. The van der Waals surface area contributed by atoms with Gasteiger partial charge in [-0.1, -0.05) is 23.4 Å². The predicted molar refractivity (Wildman–Crippen MR) is 65.6 cm³/mol. The average molecular weight is 249 g/mol. The van der Waals surface area contributed by atoms with Crippen LogP contribution in [0.5, 0.6) is 0 Å². The summed E-state index contributed by atoms with van der Waals surface area (Å²) in [6.45, 7) is 2.78. The van der Waals surface area contributed by atoms with Gasteiger partial charge in [-0.15, -0.1) is 0 Å². The van der Waals surface area contributed by atoms with Crippen molar-refractivity contribution >= 4 is 0 Å². The van der Waals surface area contributed by atoms with Crippen LogP contribution in [0.15, 0.2) is 35.2 Å². The van der Waals surface area contributed by atoms with Crippen LogP contribution in [0, 0.1) is 5.82 Å². The van der Waals surface area contributed by atoms with Gasteiger partial charge in [-0.25, -0.2) is 4.39 Å². The molecule has 0 spiro atoms. The minimum atomic E-state index is -0.149. The summed E-state index contributed by atoms with van der Waals surface area (Å²) in [5.74, 6) is 0.532. The summed E-state index contributed by atoms with van der Waals surface area (Å²) in [6, 6.07) is 7.06. The van der Waals surface area contributed by atoms with E-state index in [0.29, 0.717) is 18.7 Å². The lowest BCUT2D eigenvalue weighted by Crippen LogP contribution is -2.30. The quantitative estimate of drug-likeness (QED) is 0.850. The third-order valence-corrected chi connectivity index (χ3v) is 2.73. The third kappa shape index (κ3) is 3.63. The summed E-state index contributed by atoms with van der Waals surface area (Å²) in [5.41, 5.74) is 0.733. The second-order valence-electron chi connectivity index (χ2n) is 4.25. The fourth-order valence-electron chi connectivity index (χ4n) is 1.80. The smallest absolute Gasteiger partial charge is 0.213 e. The summed E-state index contributed by atoms with van der Waals surface area (Å²) >= 11 is 0. The first-order chi connectivity index (χ1) is 8.75. The number of nitrogens with zero attached hydrogens (tertiary/aromatic N) is 2. The van der Waals surface area contributed by atoms with E-state index in [2.05, 4.69) is 20.0 Å². The second kappa shape index (κ2) is 6.26. The molecule has 1 aromatic carbocycles. The molecule has 0 fully saturated rings. The number of rotatable bonds is 6. The van der Waals surface area contributed by atoms with Crippen molar-refractivity contribution in [2.45, 2.75) is 25.8 Å². The highest BCUT2D eigenvalue weighted by molar-refractivity contribution is 5.18. The molecular weight excluding hydrogens is 233 g/mol. The molecular formula is C13H16FN3O. The van der Waals surface area contributed by atoms with Gasteiger partial charge in [0.15, 0.2) is 5.82 Å². The Morgan fingerprint density at radius 2 is 2.22 bits per heavy atom. The average Bonchev–Trinajstić information content (AvgIpc) is 2.85. The van der Waals surface area contributed by atoms with Crippen LogP contribution in [0.2, 0.25) is 0 Å². The highest BCUT2D eigenvalue weighted by atomic mass is 19.1. The summed E-state index contributed by atoms with van der Waals surface area (Å²) < 4.78 is 18.1. The van der Waals surface area contributed by atoms with E-state index in [-0.39, 0.29) is 11.9 Å². The van der Waals surface area contributed by atoms with Crippen LogP contribution in [0.4, 0.5) is 4.39 Å². The van der Waals surface area contributed by atoms with Crippen molar-refractivity contribution in [2.24, 2.45) is 0 Å². The molecule has 0 radical (unpaired) electrons. The summed E-state index contributed by atoms with van der Waals surface area (Å²) in [5, 5.41) is 7.03. The van der Waals surface area contributed by atoms with Crippen molar-refractivity contribution in [3.8, 4) is 0 Å².